The van der Waals surface area contributed by atoms with Crippen LogP contribution in [0.5, 0.6) is 0 Å². The maximum Gasteiger partial charge on any atom is 0.00443 e. The highest BCUT2D eigenvalue weighted by atomic mass is 31.1. The smallest absolute Gasteiger partial charge is 0.00443 e. The minimum Gasteiger partial charge on any atom is -0.328 e. The predicted molar refractivity (Wildman–Crippen MR) is 102 cm³/mol. The predicted octanol–water partition coefficient (Wildman–Crippen LogP) is 5.57. The lowest BCUT2D eigenvalue weighted by Crippen LogP contribution is -2.44. The molecule has 0 aliphatic heterocycles. The zero-order chi connectivity index (χ0) is 16.3. The van der Waals surface area contributed by atoms with Gasteiger partial charge in [-0.25, -0.2) is 0 Å². The van der Waals surface area contributed by atoms with Crippen LogP contribution in [0.4, 0.5) is 0 Å². The molecule has 0 aromatic carbocycles. The first kappa shape index (κ1) is 18.7. The summed E-state index contributed by atoms with van der Waals surface area (Å²) in [7, 11) is 0.299. The highest BCUT2D eigenvalue weighted by molar-refractivity contribution is 7.55. The number of hydrogen-bond donors (Lipinski definition) is 1. The molecule has 130 valence electrons. The van der Waals surface area contributed by atoms with Gasteiger partial charge in [0.15, 0.2) is 0 Å². The van der Waals surface area contributed by atoms with E-state index in [0.29, 0.717) is 14.0 Å². The normalized spacial score (nSPS) is 35.6. The van der Waals surface area contributed by atoms with Gasteiger partial charge in [-0.3, -0.25) is 0 Å². The second-order valence-corrected chi connectivity index (χ2v) is 11.5. The molecule has 2 fully saturated rings. The number of rotatable bonds is 9. The standard InChI is InChI=1S/C20H40NP/c1-6-16(7-8-22(4)5)9-14(2)17-10-18(11-17)15(3)19-12-20(21)13-19/h14-20H,6-13,21H2,1-5H3. The molecule has 0 aromatic rings. The lowest BCUT2D eigenvalue weighted by molar-refractivity contribution is 0.0272. The van der Waals surface area contributed by atoms with Crippen molar-refractivity contribution in [2.75, 3.05) is 19.5 Å². The van der Waals surface area contributed by atoms with Crippen molar-refractivity contribution in [1.82, 2.24) is 0 Å². The maximum atomic E-state index is 5.96. The Kier molecular flexibility index (Phi) is 7.21. The Morgan fingerprint density at radius 1 is 1.00 bits per heavy atom. The van der Waals surface area contributed by atoms with E-state index < -0.39 is 0 Å². The van der Waals surface area contributed by atoms with Crippen molar-refractivity contribution in [1.29, 1.82) is 0 Å². The van der Waals surface area contributed by atoms with E-state index in [2.05, 4.69) is 34.1 Å². The molecule has 0 aromatic heterocycles. The van der Waals surface area contributed by atoms with Gasteiger partial charge in [-0.2, -0.15) is 0 Å². The first-order chi connectivity index (χ1) is 10.4. The minimum atomic E-state index is 0.299. The van der Waals surface area contributed by atoms with E-state index in [1.54, 1.807) is 0 Å². The van der Waals surface area contributed by atoms with E-state index in [-0.39, 0.29) is 0 Å². The molecule has 2 aliphatic rings. The Labute approximate surface area is 141 Å². The van der Waals surface area contributed by atoms with Crippen LogP contribution in [-0.2, 0) is 0 Å². The van der Waals surface area contributed by atoms with E-state index in [0.717, 1.165) is 35.5 Å². The lowest BCUT2D eigenvalue weighted by atomic mass is 9.58. The van der Waals surface area contributed by atoms with Crippen molar-refractivity contribution >= 4 is 7.92 Å². The summed E-state index contributed by atoms with van der Waals surface area (Å²) >= 11 is 0. The van der Waals surface area contributed by atoms with Crippen LogP contribution in [0.25, 0.3) is 0 Å². The third-order valence-corrected chi connectivity index (χ3v) is 8.13. The molecular weight excluding hydrogens is 285 g/mol. The molecular formula is C20H40NP. The van der Waals surface area contributed by atoms with Gasteiger partial charge in [0.2, 0.25) is 0 Å². The third kappa shape index (κ3) is 4.94. The first-order valence-electron chi connectivity index (χ1n) is 9.80. The van der Waals surface area contributed by atoms with Crippen LogP contribution in [0.15, 0.2) is 0 Å². The Balaban J connectivity index is 1.66. The highest BCUT2D eigenvalue weighted by Crippen LogP contribution is 2.49. The molecule has 2 aliphatic carbocycles. The Morgan fingerprint density at radius 2 is 1.59 bits per heavy atom. The van der Waals surface area contributed by atoms with Gasteiger partial charge < -0.3 is 5.73 Å². The average molecular weight is 326 g/mol. The summed E-state index contributed by atoms with van der Waals surface area (Å²) in [6, 6.07) is 0.523. The SMILES string of the molecule is CCC(CCP(C)C)CC(C)C1CC(C(C)C2CC(N)C2)C1. The number of hydrogen-bond acceptors (Lipinski definition) is 1. The minimum absolute atomic E-state index is 0.299. The molecule has 2 N–H and O–H groups in total. The molecule has 0 amide bonds. The highest BCUT2D eigenvalue weighted by Gasteiger charge is 2.41. The molecule has 2 rings (SSSR count). The van der Waals surface area contributed by atoms with Crippen molar-refractivity contribution in [3.63, 3.8) is 0 Å². The van der Waals surface area contributed by atoms with Crippen LogP contribution in [0.3, 0.4) is 0 Å². The summed E-state index contributed by atoms with van der Waals surface area (Å²) in [4.78, 5) is 0. The van der Waals surface area contributed by atoms with Gasteiger partial charge in [-0.1, -0.05) is 27.2 Å². The van der Waals surface area contributed by atoms with E-state index >= 15 is 0 Å². The van der Waals surface area contributed by atoms with Crippen molar-refractivity contribution in [3.8, 4) is 0 Å². The van der Waals surface area contributed by atoms with Crippen molar-refractivity contribution in [2.45, 2.75) is 71.8 Å². The number of nitrogens with two attached hydrogens (primary N) is 1. The second-order valence-electron chi connectivity index (χ2n) is 8.92. The molecule has 2 heteroatoms. The lowest BCUT2D eigenvalue weighted by Gasteiger charge is -2.48. The summed E-state index contributed by atoms with van der Waals surface area (Å²) < 4.78 is 0. The summed E-state index contributed by atoms with van der Waals surface area (Å²) in [6.45, 7) is 12.3. The molecule has 3 unspecified atom stereocenters. The van der Waals surface area contributed by atoms with E-state index in [4.69, 9.17) is 5.73 Å². The monoisotopic (exact) mass is 325 g/mol. The largest absolute Gasteiger partial charge is 0.328 e. The summed E-state index contributed by atoms with van der Waals surface area (Å²) in [6.07, 6.45) is 11.5. The van der Waals surface area contributed by atoms with Gasteiger partial charge >= 0.3 is 0 Å². The topological polar surface area (TPSA) is 26.0 Å². The molecule has 0 saturated heterocycles. The van der Waals surface area contributed by atoms with Gasteiger partial charge in [0.05, 0.1) is 0 Å². The van der Waals surface area contributed by atoms with Gasteiger partial charge in [0, 0.05) is 6.04 Å². The van der Waals surface area contributed by atoms with E-state index in [9.17, 15) is 0 Å². The molecule has 0 spiro atoms. The van der Waals surface area contributed by atoms with Crippen LogP contribution in [-0.4, -0.2) is 25.5 Å². The van der Waals surface area contributed by atoms with E-state index in [1.165, 1.54) is 51.1 Å². The summed E-state index contributed by atoms with van der Waals surface area (Å²) in [5.41, 5.74) is 5.96. The van der Waals surface area contributed by atoms with Crippen molar-refractivity contribution in [2.24, 2.45) is 41.2 Å². The van der Waals surface area contributed by atoms with Gasteiger partial charge in [0.25, 0.3) is 0 Å². The molecule has 0 radical (unpaired) electrons. The first-order valence-corrected chi connectivity index (χ1v) is 12.2. The van der Waals surface area contributed by atoms with Gasteiger partial charge in [-0.05, 0) is 93.5 Å². The summed E-state index contributed by atoms with van der Waals surface area (Å²) in [5.74, 6) is 5.88. The fraction of sp³-hybridized carbons (Fsp3) is 1.00. The van der Waals surface area contributed by atoms with Crippen LogP contribution in [0.2, 0.25) is 0 Å². The molecule has 3 atom stereocenters. The fourth-order valence-electron chi connectivity index (χ4n) is 4.77. The molecule has 22 heavy (non-hydrogen) atoms. The second kappa shape index (κ2) is 8.48. The van der Waals surface area contributed by atoms with Crippen LogP contribution in [0.1, 0.15) is 65.7 Å². The third-order valence-electron chi connectivity index (χ3n) is 6.98. The molecule has 0 bridgehead atoms. The molecule has 1 nitrogen and oxygen atoms in total. The van der Waals surface area contributed by atoms with Crippen LogP contribution >= 0.6 is 7.92 Å². The maximum absolute atomic E-state index is 5.96. The quantitative estimate of drug-likeness (QED) is 0.551. The summed E-state index contributed by atoms with van der Waals surface area (Å²) in [5, 5.41) is 0. The van der Waals surface area contributed by atoms with Gasteiger partial charge in [-0.15, -0.1) is 7.92 Å². The fourth-order valence-corrected chi connectivity index (χ4v) is 5.65. The van der Waals surface area contributed by atoms with Gasteiger partial charge in [0.1, 0.15) is 0 Å². The van der Waals surface area contributed by atoms with E-state index in [1.807, 2.05) is 0 Å². The van der Waals surface area contributed by atoms with Crippen molar-refractivity contribution in [3.05, 3.63) is 0 Å². The van der Waals surface area contributed by atoms with Crippen LogP contribution < -0.4 is 5.73 Å². The van der Waals surface area contributed by atoms with Crippen molar-refractivity contribution < 1.29 is 0 Å². The molecule has 0 heterocycles. The molecule has 2 saturated carbocycles. The van der Waals surface area contributed by atoms with Crippen LogP contribution in [0, 0.1) is 35.5 Å². The zero-order valence-corrected chi connectivity index (χ0v) is 16.6. The Morgan fingerprint density at radius 3 is 2.09 bits per heavy atom. The average Bonchev–Trinajstić information content (AvgIpc) is 2.37. The zero-order valence-electron chi connectivity index (χ0n) is 15.7. The Bertz CT molecular complexity index is 318. The Hall–Kier alpha value is 0.390.